The summed E-state index contributed by atoms with van der Waals surface area (Å²) in [4.78, 5) is 0. The van der Waals surface area contributed by atoms with Crippen LogP contribution in [0.1, 0.15) is 71.1 Å². The molecule has 0 aliphatic rings. The average Bonchev–Trinajstić information content (AvgIpc) is 2.34. The first-order chi connectivity index (χ1) is 8.62. The predicted molar refractivity (Wildman–Crippen MR) is 80.8 cm³/mol. The van der Waals surface area contributed by atoms with Gasteiger partial charge in [0.2, 0.25) is 0 Å². The standard InChI is InChI=1S/C16H36NO.BrH/c1-4-5-6-7-8-9-10-11-12-14-17(2,3)15-13-16-18;/h18H,4-16H2,1-3H3;1H/q+1;/p-1. The molecule has 0 aliphatic heterocycles. The van der Waals surface area contributed by atoms with Crippen LogP contribution in [-0.4, -0.2) is 43.4 Å². The molecule has 0 aliphatic carbocycles. The SMILES string of the molecule is CCCCCCCCCCC[N+](C)(C)CCCO.[Br-]. The summed E-state index contributed by atoms with van der Waals surface area (Å²) in [6, 6.07) is 0. The number of hydrogen-bond acceptors (Lipinski definition) is 1. The van der Waals surface area contributed by atoms with E-state index >= 15 is 0 Å². The van der Waals surface area contributed by atoms with Gasteiger partial charge in [-0.05, 0) is 12.8 Å². The highest BCUT2D eigenvalue weighted by Crippen LogP contribution is 2.11. The lowest BCUT2D eigenvalue weighted by molar-refractivity contribution is -0.890. The Hall–Kier alpha value is 0.400. The lowest BCUT2D eigenvalue weighted by atomic mass is 10.1. The molecule has 0 aromatic carbocycles. The molecule has 19 heavy (non-hydrogen) atoms. The maximum Gasteiger partial charge on any atom is 0.0804 e. The van der Waals surface area contributed by atoms with Crippen LogP contribution in [0.2, 0.25) is 0 Å². The lowest BCUT2D eigenvalue weighted by Gasteiger charge is -2.29. The second kappa shape index (κ2) is 14.8. The van der Waals surface area contributed by atoms with Gasteiger partial charge < -0.3 is 26.6 Å². The van der Waals surface area contributed by atoms with Crippen LogP contribution in [0.25, 0.3) is 0 Å². The van der Waals surface area contributed by atoms with Crippen molar-refractivity contribution >= 4 is 0 Å². The van der Waals surface area contributed by atoms with Crippen molar-refractivity contribution in [2.24, 2.45) is 0 Å². The number of aliphatic hydroxyl groups is 1. The van der Waals surface area contributed by atoms with E-state index in [9.17, 15) is 0 Å². The molecule has 0 fully saturated rings. The van der Waals surface area contributed by atoms with E-state index in [-0.39, 0.29) is 17.0 Å². The summed E-state index contributed by atoms with van der Waals surface area (Å²) in [6.45, 7) is 4.97. The highest BCUT2D eigenvalue weighted by molar-refractivity contribution is 4.47. The summed E-state index contributed by atoms with van der Waals surface area (Å²) in [5, 5.41) is 8.85. The van der Waals surface area contributed by atoms with Crippen LogP contribution in [0.3, 0.4) is 0 Å². The van der Waals surface area contributed by atoms with Crippen molar-refractivity contribution in [3.05, 3.63) is 0 Å². The molecule has 1 N–H and O–H groups in total. The average molecular weight is 338 g/mol. The second-order valence-electron chi connectivity index (χ2n) is 6.29. The van der Waals surface area contributed by atoms with Crippen LogP contribution in [0.5, 0.6) is 0 Å². The van der Waals surface area contributed by atoms with Crippen LogP contribution < -0.4 is 17.0 Å². The fraction of sp³-hybridized carbons (Fsp3) is 1.00. The van der Waals surface area contributed by atoms with Gasteiger partial charge in [-0.2, -0.15) is 0 Å². The van der Waals surface area contributed by atoms with E-state index < -0.39 is 0 Å². The van der Waals surface area contributed by atoms with Crippen LogP contribution >= 0.6 is 0 Å². The molecule has 118 valence electrons. The summed E-state index contributed by atoms with van der Waals surface area (Å²) in [5.41, 5.74) is 0. The van der Waals surface area contributed by atoms with Gasteiger partial charge in [0, 0.05) is 13.0 Å². The van der Waals surface area contributed by atoms with E-state index in [2.05, 4.69) is 21.0 Å². The molecule has 0 saturated carbocycles. The molecular formula is C16H36BrNO. The van der Waals surface area contributed by atoms with Crippen molar-refractivity contribution in [3.63, 3.8) is 0 Å². The van der Waals surface area contributed by atoms with E-state index in [1.807, 2.05) is 0 Å². The molecule has 0 saturated heterocycles. The highest BCUT2D eigenvalue weighted by Gasteiger charge is 2.12. The molecule has 2 nitrogen and oxygen atoms in total. The summed E-state index contributed by atoms with van der Waals surface area (Å²) in [5.74, 6) is 0. The van der Waals surface area contributed by atoms with Gasteiger partial charge in [0.05, 0.1) is 27.2 Å². The molecule has 0 rings (SSSR count). The Morgan fingerprint density at radius 1 is 0.684 bits per heavy atom. The summed E-state index contributed by atoms with van der Waals surface area (Å²) < 4.78 is 1.07. The zero-order valence-electron chi connectivity index (χ0n) is 13.5. The quantitative estimate of drug-likeness (QED) is 0.392. The van der Waals surface area contributed by atoms with Crippen molar-refractivity contribution in [3.8, 4) is 0 Å². The van der Waals surface area contributed by atoms with Crippen LogP contribution in [0.4, 0.5) is 0 Å². The smallest absolute Gasteiger partial charge is 0.0804 e. The molecular weight excluding hydrogens is 302 g/mol. The Bertz CT molecular complexity index is 174. The normalized spacial score (nSPS) is 11.4. The number of quaternary nitrogens is 1. The Labute approximate surface area is 131 Å². The summed E-state index contributed by atoms with van der Waals surface area (Å²) in [6.07, 6.45) is 13.6. The topological polar surface area (TPSA) is 20.2 Å². The fourth-order valence-electron chi connectivity index (χ4n) is 2.46. The van der Waals surface area contributed by atoms with Crippen molar-refractivity contribution in [1.29, 1.82) is 0 Å². The van der Waals surface area contributed by atoms with E-state index in [1.54, 1.807) is 0 Å². The van der Waals surface area contributed by atoms with Gasteiger partial charge in [0.1, 0.15) is 0 Å². The number of unbranched alkanes of at least 4 members (excludes halogenated alkanes) is 8. The molecule has 0 bridgehead atoms. The van der Waals surface area contributed by atoms with Crippen LogP contribution in [-0.2, 0) is 0 Å². The molecule has 0 spiro atoms. The van der Waals surface area contributed by atoms with Gasteiger partial charge in [-0.25, -0.2) is 0 Å². The minimum atomic E-state index is 0. The van der Waals surface area contributed by atoms with E-state index in [0.29, 0.717) is 6.61 Å². The molecule has 0 aromatic rings. The Balaban J connectivity index is 0. The summed E-state index contributed by atoms with van der Waals surface area (Å²) >= 11 is 0. The summed E-state index contributed by atoms with van der Waals surface area (Å²) in [7, 11) is 4.56. The van der Waals surface area contributed by atoms with Crippen molar-refractivity contribution in [2.45, 2.75) is 71.1 Å². The molecule has 0 radical (unpaired) electrons. The first kappa shape index (κ1) is 21.7. The number of halogens is 1. The maximum absolute atomic E-state index is 8.85. The number of aliphatic hydroxyl groups excluding tert-OH is 1. The predicted octanol–water partition coefficient (Wildman–Crippen LogP) is 0.980. The minimum absolute atomic E-state index is 0. The Morgan fingerprint density at radius 3 is 1.58 bits per heavy atom. The zero-order chi connectivity index (χ0) is 13.7. The van der Waals surface area contributed by atoms with Gasteiger partial charge in [0.25, 0.3) is 0 Å². The van der Waals surface area contributed by atoms with Crippen LogP contribution in [0, 0.1) is 0 Å². The third-order valence-electron chi connectivity index (χ3n) is 3.79. The highest BCUT2D eigenvalue weighted by atomic mass is 79.9. The molecule has 0 heterocycles. The minimum Gasteiger partial charge on any atom is -1.00 e. The van der Waals surface area contributed by atoms with Gasteiger partial charge in [-0.15, -0.1) is 0 Å². The number of rotatable bonds is 13. The molecule has 0 unspecified atom stereocenters. The van der Waals surface area contributed by atoms with Gasteiger partial charge >= 0.3 is 0 Å². The first-order valence-electron chi connectivity index (χ1n) is 8.05. The fourth-order valence-corrected chi connectivity index (χ4v) is 2.46. The molecule has 0 aromatic heterocycles. The molecule has 0 amide bonds. The van der Waals surface area contributed by atoms with Crippen LogP contribution in [0.15, 0.2) is 0 Å². The van der Waals surface area contributed by atoms with E-state index in [1.165, 1.54) is 64.3 Å². The van der Waals surface area contributed by atoms with Gasteiger partial charge in [-0.3, -0.25) is 0 Å². The van der Waals surface area contributed by atoms with Crippen molar-refractivity contribution in [2.75, 3.05) is 33.8 Å². The molecule has 0 atom stereocenters. The second-order valence-corrected chi connectivity index (χ2v) is 6.29. The maximum atomic E-state index is 8.85. The first-order valence-corrected chi connectivity index (χ1v) is 8.05. The third-order valence-corrected chi connectivity index (χ3v) is 3.79. The number of nitrogens with zero attached hydrogens (tertiary/aromatic N) is 1. The van der Waals surface area contributed by atoms with Gasteiger partial charge in [0.15, 0.2) is 0 Å². The number of hydrogen-bond donors (Lipinski definition) is 1. The van der Waals surface area contributed by atoms with E-state index in [0.717, 1.165) is 17.4 Å². The largest absolute Gasteiger partial charge is 1.00 e. The monoisotopic (exact) mass is 337 g/mol. The van der Waals surface area contributed by atoms with E-state index in [4.69, 9.17) is 5.11 Å². The van der Waals surface area contributed by atoms with Gasteiger partial charge in [-0.1, -0.05) is 51.9 Å². The van der Waals surface area contributed by atoms with Crippen molar-refractivity contribution in [1.82, 2.24) is 0 Å². The third kappa shape index (κ3) is 16.3. The Morgan fingerprint density at radius 2 is 1.11 bits per heavy atom. The Kier molecular flexibility index (Phi) is 16.9. The van der Waals surface area contributed by atoms with Crippen molar-refractivity contribution < 1.29 is 26.6 Å². The molecule has 3 heteroatoms. The zero-order valence-corrected chi connectivity index (χ0v) is 15.1. The lowest BCUT2D eigenvalue weighted by Crippen LogP contribution is -3.00.